The standard InChI is InChI=1S/C14H18N2O3/c1-14(2,3)19-13(18)15-7-5-4-6-11-8-12(10-17)16-9-11/h8-10,16H,5,7H2,1-3H3,(H,15,18). The smallest absolute Gasteiger partial charge is 0.407 e. The summed E-state index contributed by atoms with van der Waals surface area (Å²) in [6, 6.07) is 1.67. The number of rotatable bonds is 3. The molecule has 0 saturated heterocycles. The largest absolute Gasteiger partial charge is 0.444 e. The predicted octanol–water partition coefficient (Wildman–Crippen LogP) is 2.09. The third-order valence-corrected chi connectivity index (χ3v) is 1.98. The van der Waals surface area contributed by atoms with Gasteiger partial charge in [0.1, 0.15) is 5.60 Å². The molecule has 1 amide bonds. The number of hydrogen-bond acceptors (Lipinski definition) is 3. The van der Waals surface area contributed by atoms with Gasteiger partial charge < -0.3 is 15.0 Å². The average Bonchev–Trinajstić information content (AvgIpc) is 2.74. The number of aromatic nitrogens is 1. The van der Waals surface area contributed by atoms with Crippen molar-refractivity contribution in [2.24, 2.45) is 0 Å². The number of amides is 1. The topological polar surface area (TPSA) is 71.2 Å². The summed E-state index contributed by atoms with van der Waals surface area (Å²) in [5.41, 5.74) is 0.752. The van der Waals surface area contributed by atoms with Crippen LogP contribution in [0.4, 0.5) is 4.79 Å². The van der Waals surface area contributed by atoms with Crippen molar-refractivity contribution in [1.29, 1.82) is 0 Å². The van der Waals surface area contributed by atoms with Gasteiger partial charge in [0.05, 0.1) is 5.69 Å². The van der Waals surface area contributed by atoms with E-state index in [1.807, 2.05) is 20.8 Å². The van der Waals surface area contributed by atoms with Crippen LogP contribution in [0.5, 0.6) is 0 Å². The van der Waals surface area contributed by atoms with Gasteiger partial charge in [0.2, 0.25) is 0 Å². The molecule has 5 heteroatoms. The monoisotopic (exact) mass is 262 g/mol. The molecule has 0 aromatic carbocycles. The summed E-state index contributed by atoms with van der Waals surface area (Å²) < 4.78 is 5.08. The number of hydrogen-bond donors (Lipinski definition) is 2. The van der Waals surface area contributed by atoms with Crippen LogP contribution in [0.2, 0.25) is 0 Å². The normalized spacial score (nSPS) is 10.3. The molecular weight excluding hydrogens is 244 g/mol. The molecule has 102 valence electrons. The Morgan fingerprint density at radius 1 is 1.53 bits per heavy atom. The Morgan fingerprint density at radius 2 is 2.26 bits per heavy atom. The fourth-order valence-corrected chi connectivity index (χ4v) is 1.26. The minimum atomic E-state index is -0.494. The van der Waals surface area contributed by atoms with Crippen LogP contribution < -0.4 is 5.32 Å². The molecule has 1 aromatic rings. The van der Waals surface area contributed by atoms with Crippen molar-refractivity contribution in [3.63, 3.8) is 0 Å². The molecule has 0 saturated carbocycles. The van der Waals surface area contributed by atoms with Crippen LogP contribution >= 0.6 is 0 Å². The number of carbonyl (C=O) groups excluding carboxylic acids is 2. The summed E-state index contributed by atoms with van der Waals surface area (Å²) in [6.07, 6.45) is 2.47. The molecule has 5 nitrogen and oxygen atoms in total. The minimum absolute atomic E-state index is 0.423. The second-order valence-electron chi connectivity index (χ2n) is 4.94. The maximum atomic E-state index is 11.3. The lowest BCUT2D eigenvalue weighted by Crippen LogP contribution is -2.32. The fourth-order valence-electron chi connectivity index (χ4n) is 1.26. The molecule has 2 N–H and O–H groups in total. The van der Waals surface area contributed by atoms with Crippen LogP contribution in [-0.4, -0.2) is 29.5 Å². The van der Waals surface area contributed by atoms with Gasteiger partial charge in [0.15, 0.2) is 6.29 Å². The van der Waals surface area contributed by atoms with E-state index in [-0.39, 0.29) is 0 Å². The maximum Gasteiger partial charge on any atom is 0.407 e. The van der Waals surface area contributed by atoms with E-state index in [1.54, 1.807) is 12.3 Å². The summed E-state index contributed by atoms with van der Waals surface area (Å²) >= 11 is 0. The van der Waals surface area contributed by atoms with Crippen molar-refractivity contribution in [3.05, 3.63) is 23.5 Å². The molecular formula is C14H18N2O3. The molecule has 0 unspecified atom stereocenters. The summed E-state index contributed by atoms with van der Waals surface area (Å²) in [6.45, 7) is 5.85. The number of ether oxygens (including phenoxy) is 1. The van der Waals surface area contributed by atoms with E-state index in [0.717, 1.165) is 11.8 Å². The minimum Gasteiger partial charge on any atom is -0.444 e. The predicted molar refractivity (Wildman–Crippen MR) is 71.9 cm³/mol. The van der Waals surface area contributed by atoms with Gasteiger partial charge in [-0.2, -0.15) is 0 Å². The highest BCUT2D eigenvalue weighted by atomic mass is 16.6. The Kier molecular flexibility index (Phi) is 5.19. The maximum absolute atomic E-state index is 11.3. The SMILES string of the molecule is CC(C)(C)OC(=O)NCCC#Cc1c[nH]c(C=O)c1. The molecule has 0 atom stereocenters. The van der Waals surface area contributed by atoms with Crippen molar-refractivity contribution in [2.75, 3.05) is 6.54 Å². The number of aromatic amines is 1. The van der Waals surface area contributed by atoms with Crippen LogP contribution in [0.1, 0.15) is 43.2 Å². The fraction of sp³-hybridized carbons (Fsp3) is 0.429. The number of nitrogens with one attached hydrogen (secondary N) is 2. The van der Waals surface area contributed by atoms with Gasteiger partial charge in [-0.3, -0.25) is 4.79 Å². The first-order valence-corrected chi connectivity index (χ1v) is 6.00. The van der Waals surface area contributed by atoms with Gasteiger partial charge in [0.25, 0.3) is 0 Å². The molecule has 19 heavy (non-hydrogen) atoms. The zero-order valence-corrected chi connectivity index (χ0v) is 11.4. The van der Waals surface area contributed by atoms with Crippen LogP contribution in [0.3, 0.4) is 0 Å². The van der Waals surface area contributed by atoms with Crippen LogP contribution in [-0.2, 0) is 4.74 Å². The van der Waals surface area contributed by atoms with E-state index in [0.29, 0.717) is 18.7 Å². The second kappa shape index (κ2) is 6.64. The number of H-pyrrole nitrogens is 1. The molecule has 0 radical (unpaired) electrons. The summed E-state index contributed by atoms with van der Waals surface area (Å²) in [7, 11) is 0. The van der Waals surface area contributed by atoms with Crippen molar-refractivity contribution in [1.82, 2.24) is 10.3 Å². The van der Waals surface area contributed by atoms with Gasteiger partial charge in [-0.05, 0) is 26.8 Å². The molecule has 1 rings (SSSR count). The lowest BCUT2D eigenvalue weighted by Gasteiger charge is -2.19. The average molecular weight is 262 g/mol. The van der Waals surface area contributed by atoms with Gasteiger partial charge in [-0.25, -0.2) is 4.79 Å². The Balaban J connectivity index is 2.28. The van der Waals surface area contributed by atoms with E-state index >= 15 is 0 Å². The molecule has 1 heterocycles. The van der Waals surface area contributed by atoms with E-state index < -0.39 is 11.7 Å². The molecule has 0 aliphatic rings. The first-order valence-electron chi connectivity index (χ1n) is 6.00. The van der Waals surface area contributed by atoms with Gasteiger partial charge >= 0.3 is 6.09 Å². The highest BCUT2D eigenvalue weighted by molar-refractivity contribution is 5.72. The van der Waals surface area contributed by atoms with Gasteiger partial charge in [0, 0.05) is 24.7 Å². The van der Waals surface area contributed by atoms with Crippen LogP contribution in [0, 0.1) is 11.8 Å². The van der Waals surface area contributed by atoms with Crippen molar-refractivity contribution >= 4 is 12.4 Å². The Hall–Kier alpha value is -2.22. The molecule has 0 aliphatic carbocycles. The quantitative estimate of drug-likeness (QED) is 0.498. The summed E-state index contributed by atoms with van der Waals surface area (Å²) in [4.78, 5) is 24.5. The Morgan fingerprint density at radius 3 is 2.84 bits per heavy atom. The van der Waals surface area contributed by atoms with E-state index in [4.69, 9.17) is 4.74 Å². The van der Waals surface area contributed by atoms with E-state index in [2.05, 4.69) is 22.1 Å². The van der Waals surface area contributed by atoms with Crippen molar-refractivity contribution in [3.8, 4) is 11.8 Å². The molecule has 1 aromatic heterocycles. The molecule has 0 aliphatic heterocycles. The first kappa shape index (κ1) is 14.8. The molecule has 0 fully saturated rings. The third kappa shape index (κ3) is 6.32. The Bertz CT molecular complexity index is 501. The van der Waals surface area contributed by atoms with Crippen molar-refractivity contribution in [2.45, 2.75) is 32.8 Å². The second-order valence-corrected chi connectivity index (χ2v) is 4.94. The first-order chi connectivity index (χ1) is 8.90. The highest BCUT2D eigenvalue weighted by Crippen LogP contribution is 2.06. The zero-order chi connectivity index (χ0) is 14.3. The van der Waals surface area contributed by atoms with Crippen molar-refractivity contribution < 1.29 is 14.3 Å². The van der Waals surface area contributed by atoms with E-state index in [1.165, 1.54) is 0 Å². The van der Waals surface area contributed by atoms with E-state index in [9.17, 15) is 9.59 Å². The summed E-state index contributed by atoms with van der Waals surface area (Å²) in [5.74, 6) is 5.79. The Labute approximate surface area is 112 Å². The van der Waals surface area contributed by atoms with Gasteiger partial charge in [-0.15, -0.1) is 0 Å². The van der Waals surface area contributed by atoms with Crippen LogP contribution in [0.25, 0.3) is 0 Å². The number of alkyl carbamates (subject to hydrolysis) is 1. The molecule has 0 bridgehead atoms. The van der Waals surface area contributed by atoms with Gasteiger partial charge in [-0.1, -0.05) is 11.8 Å². The van der Waals surface area contributed by atoms with Crippen LogP contribution in [0.15, 0.2) is 12.3 Å². The molecule has 0 spiro atoms. The zero-order valence-electron chi connectivity index (χ0n) is 11.4. The summed E-state index contributed by atoms with van der Waals surface area (Å²) in [5, 5.41) is 2.61. The third-order valence-electron chi connectivity index (χ3n) is 1.98. The lowest BCUT2D eigenvalue weighted by atomic mass is 10.2. The highest BCUT2D eigenvalue weighted by Gasteiger charge is 2.15. The lowest BCUT2D eigenvalue weighted by molar-refractivity contribution is 0.0529. The number of carbonyl (C=O) groups is 2. The number of aldehydes is 1.